The number of fused-ring (bicyclic) bond motifs is 1. The molecule has 0 aliphatic carbocycles. The summed E-state index contributed by atoms with van der Waals surface area (Å²) in [5.74, 6) is 1.24. The van der Waals surface area contributed by atoms with E-state index in [1.165, 1.54) is 12.8 Å². The molecule has 1 saturated heterocycles. The fourth-order valence-corrected chi connectivity index (χ4v) is 2.64. The minimum absolute atomic E-state index is 0.0995. The van der Waals surface area contributed by atoms with Crippen LogP contribution in [-0.2, 0) is 4.79 Å². The van der Waals surface area contributed by atoms with E-state index in [9.17, 15) is 4.79 Å². The van der Waals surface area contributed by atoms with Crippen molar-refractivity contribution >= 4 is 5.91 Å². The average Bonchev–Trinajstić information content (AvgIpc) is 3.00. The van der Waals surface area contributed by atoms with Crippen molar-refractivity contribution in [2.24, 2.45) is 0 Å². The number of ether oxygens (including phenoxy) is 2. The van der Waals surface area contributed by atoms with E-state index in [-0.39, 0.29) is 12.5 Å². The molecule has 1 amide bonds. The first kappa shape index (κ1) is 13.2. The van der Waals surface area contributed by atoms with E-state index in [1.54, 1.807) is 0 Å². The standard InChI is InChI=1S/C15H20N2O3/c18-15(17-9-7-11-4-3-8-16-11)14-10-19-12-5-1-2-6-13(12)20-14/h1-2,5-6,11,14,16H,3-4,7-10H2,(H,17,18)/t11-,14?/m1/s1. The fraction of sp³-hybridized carbons (Fsp3) is 0.533. The Hall–Kier alpha value is -1.75. The second-order valence-corrected chi connectivity index (χ2v) is 5.24. The van der Waals surface area contributed by atoms with Crippen molar-refractivity contribution < 1.29 is 14.3 Å². The highest BCUT2D eigenvalue weighted by atomic mass is 16.6. The predicted molar refractivity (Wildman–Crippen MR) is 75.0 cm³/mol. The number of amides is 1. The van der Waals surface area contributed by atoms with Gasteiger partial charge in [0.25, 0.3) is 5.91 Å². The summed E-state index contributed by atoms with van der Waals surface area (Å²) >= 11 is 0. The van der Waals surface area contributed by atoms with Crippen LogP contribution in [0.1, 0.15) is 19.3 Å². The maximum atomic E-state index is 12.0. The van der Waals surface area contributed by atoms with Crippen molar-refractivity contribution in [3.8, 4) is 11.5 Å². The first-order valence-electron chi connectivity index (χ1n) is 7.22. The molecule has 2 atom stereocenters. The van der Waals surface area contributed by atoms with Gasteiger partial charge < -0.3 is 20.1 Å². The van der Waals surface area contributed by atoms with Gasteiger partial charge in [0.1, 0.15) is 6.61 Å². The first-order chi connectivity index (χ1) is 9.83. The van der Waals surface area contributed by atoms with Gasteiger partial charge in [0.2, 0.25) is 6.10 Å². The van der Waals surface area contributed by atoms with Crippen LogP contribution in [0.5, 0.6) is 11.5 Å². The van der Waals surface area contributed by atoms with Gasteiger partial charge in [-0.15, -0.1) is 0 Å². The zero-order chi connectivity index (χ0) is 13.8. The molecule has 1 fully saturated rings. The zero-order valence-electron chi connectivity index (χ0n) is 11.4. The van der Waals surface area contributed by atoms with Crippen LogP contribution in [0, 0.1) is 0 Å². The summed E-state index contributed by atoms with van der Waals surface area (Å²) in [6.07, 6.45) is 2.85. The Balaban J connectivity index is 1.46. The van der Waals surface area contributed by atoms with Crippen molar-refractivity contribution in [3.05, 3.63) is 24.3 Å². The molecular weight excluding hydrogens is 256 g/mol. The van der Waals surface area contributed by atoms with Gasteiger partial charge in [0.05, 0.1) is 0 Å². The lowest BCUT2D eigenvalue weighted by Gasteiger charge is -2.25. The van der Waals surface area contributed by atoms with Crippen molar-refractivity contribution in [3.63, 3.8) is 0 Å². The highest BCUT2D eigenvalue weighted by Crippen LogP contribution is 2.30. The topological polar surface area (TPSA) is 59.6 Å². The number of rotatable bonds is 4. The summed E-state index contributed by atoms with van der Waals surface area (Å²) in [6.45, 7) is 2.04. The normalized spacial score (nSPS) is 24.4. The van der Waals surface area contributed by atoms with E-state index >= 15 is 0 Å². The fourth-order valence-electron chi connectivity index (χ4n) is 2.64. The minimum atomic E-state index is -0.554. The molecule has 1 aromatic rings. The third-order valence-corrected chi connectivity index (χ3v) is 3.76. The van der Waals surface area contributed by atoms with E-state index in [0.29, 0.717) is 24.1 Å². The number of para-hydroxylation sites is 2. The van der Waals surface area contributed by atoms with Gasteiger partial charge in [-0.05, 0) is 37.9 Å². The summed E-state index contributed by atoms with van der Waals surface area (Å²) in [7, 11) is 0. The highest BCUT2D eigenvalue weighted by Gasteiger charge is 2.27. The van der Waals surface area contributed by atoms with Crippen molar-refractivity contribution in [1.82, 2.24) is 10.6 Å². The summed E-state index contributed by atoms with van der Waals surface area (Å²) in [4.78, 5) is 12.0. The molecule has 0 spiro atoms. The lowest BCUT2D eigenvalue weighted by molar-refractivity contribution is -0.130. The molecule has 1 unspecified atom stereocenters. The van der Waals surface area contributed by atoms with Gasteiger partial charge in [0, 0.05) is 12.6 Å². The van der Waals surface area contributed by atoms with Crippen LogP contribution < -0.4 is 20.1 Å². The number of carbonyl (C=O) groups excluding carboxylic acids is 1. The van der Waals surface area contributed by atoms with Crippen molar-refractivity contribution in [1.29, 1.82) is 0 Å². The molecule has 5 heteroatoms. The quantitative estimate of drug-likeness (QED) is 0.864. The van der Waals surface area contributed by atoms with Gasteiger partial charge in [0.15, 0.2) is 11.5 Å². The monoisotopic (exact) mass is 276 g/mol. The molecule has 1 aromatic carbocycles. The number of hydrogen-bond acceptors (Lipinski definition) is 4. The lowest BCUT2D eigenvalue weighted by atomic mass is 10.1. The van der Waals surface area contributed by atoms with Gasteiger partial charge in [-0.1, -0.05) is 12.1 Å². The SMILES string of the molecule is O=C(NCC[C@H]1CCCN1)C1COc2ccccc2O1. The molecule has 2 aliphatic rings. The molecule has 0 saturated carbocycles. The molecule has 2 N–H and O–H groups in total. The minimum Gasteiger partial charge on any atom is -0.485 e. The van der Waals surface area contributed by atoms with E-state index in [1.807, 2.05) is 24.3 Å². The molecule has 0 aromatic heterocycles. The Morgan fingerprint density at radius 2 is 2.20 bits per heavy atom. The predicted octanol–water partition coefficient (Wildman–Crippen LogP) is 1.08. The molecule has 0 radical (unpaired) electrons. The van der Waals surface area contributed by atoms with Crippen LogP contribution >= 0.6 is 0 Å². The first-order valence-corrected chi connectivity index (χ1v) is 7.22. The summed E-state index contributed by atoms with van der Waals surface area (Å²) in [6, 6.07) is 7.96. The van der Waals surface area contributed by atoms with Gasteiger partial charge in [-0.25, -0.2) is 0 Å². The van der Waals surface area contributed by atoms with Crippen LogP contribution in [0.3, 0.4) is 0 Å². The number of nitrogens with one attached hydrogen (secondary N) is 2. The van der Waals surface area contributed by atoms with Gasteiger partial charge >= 0.3 is 0 Å². The van der Waals surface area contributed by atoms with Gasteiger partial charge in [-0.3, -0.25) is 4.79 Å². The van der Waals surface area contributed by atoms with E-state index in [4.69, 9.17) is 9.47 Å². The second-order valence-electron chi connectivity index (χ2n) is 5.24. The lowest BCUT2D eigenvalue weighted by Crippen LogP contribution is -2.44. The largest absolute Gasteiger partial charge is 0.485 e. The Kier molecular flexibility index (Phi) is 4.06. The maximum Gasteiger partial charge on any atom is 0.264 e. The van der Waals surface area contributed by atoms with Crippen LogP contribution in [0.2, 0.25) is 0 Å². The number of carbonyl (C=O) groups is 1. The van der Waals surface area contributed by atoms with Crippen LogP contribution in [-0.4, -0.2) is 37.7 Å². The van der Waals surface area contributed by atoms with E-state index < -0.39 is 6.10 Å². The summed E-state index contributed by atoms with van der Waals surface area (Å²) in [5.41, 5.74) is 0. The molecule has 0 bridgehead atoms. The number of benzene rings is 1. The smallest absolute Gasteiger partial charge is 0.264 e. The molecular formula is C15H20N2O3. The molecule has 2 heterocycles. The Morgan fingerprint density at radius 1 is 1.35 bits per heavy atom. The molecule has 20 heavy (non-hydrogen) atoms. The maximum absolute atomic E-state index is 12.0. The average molecular weight is 276 g/mol. The third kappa shape index (κ3) is 3.04. The zero-order valence-corrected chi connectivity index (χ0v) is 11.4. The molecule has 2 aliphatic heterocycles. The van der Waals surface area contributed by atoms with E-state index in [0.717, 1.165) is 13.0 Å². The molecule has 108 valence electrons. The highest BCUT2D eigenvalue weighted by molar-refractivity contribution is 5.81. The summed E-state index contributed by atoms with van der Waals surface area (Å²) < 4.78 is 11.2. The Bertz CT molecular complexity index is 472. The van der Waals surface area contributed by atoms with Gasteiger partial charge in [-0.2, -0.15) is 0 Å². The third-order valence-electron chi connectivity index (χ3n) is 3.76. The van der Waals surface area contributed by atoms with Crippen LogP contribution in [0.25, 0.3) is 0 Å². The Morgan fingerprint density at radius 3 is 3.00 bits per heavy atom. The second kappa shape index (κ2) is 6.13. The van der Waals surface area contributed by atoms with Crippen molar-refractivity contribution in [2.45, 2.75) is 31.4 Å². The molecule has 3 rings (SSSR count). The Labute approximate surface area is 118 Å². The summed E-state index contributed by atoms with van der Waals surface area (Å²) in [5, 5.41) is 6.34. The number of hydrogen-bond donors (Lipinski definition) is 2. The van der Waals surface area contributed by atoms with E-state index in [2.05, 4.69) is 10.6 Å². The molecule has 5 nitrogen and oxygen atoms in total. The van der Waals surface area contributed by atoms with Crippen molar-refractivity contribution in [2.75, 3.05) is 19.7 Å². The van der Waals surface area contributed by atoms with Crippen LogP contribution in [0.4, 0.5) is 0 Å². The van der Waals surface area contributed by atoms with Crippen LogP contribution in [0.15, 0.2) is 24.3 Å².